The molecule has 0 saturated carbocycles. The minimum Gasteiger partial charge on any atom is -0.492 e. The van der Waals surface area contributed by atoms with Gasteiger partial charge in [-0.3, -0.25) is 4.79 Å². The lowest BCUT2D eigenvalue weighted by Crippen LogP contribution is -2.31. The van der Waals surface area contributed by atoms with Crippen molar-refractivity contribution in [3.63, 3.8) is 0 Å². The first-order valence-corrected chi connectivity index (χ1v) is 8.54. The van der Waals surface area contributed by atoms with Crippen molar-refractivity contribution in [2.45, 2.75) is 34.6 Å². The second kappa shape index (κ2) is 9.97. The van der Waals surface area contributed by atoms with E-state index in [4.69, 9.17) is 21.7 Å². The second-order valence-corrected chi connectivity index (χ2v) is 6.03. The van der Waals surface area contributed by atoms with Crippen LogP contribution in [0.4, 0.5) is 11.4 Å². The molecule has 0 aliphatic heterocycles. The number of ether oxygens (including phenoxy) is 2. The summed E-state index contributed by atoms with van der Waals surface area (Å²) in [7, 11) is 0. The van der Waals surface area contributed by atoms with E-state index in [0.717, 1.165) is 6.54 Å². The van der Waals surface area contributed by atoms with Gasteiger partial charge in [-0.05, 0) is 32.0 Å². The summed E-state index contributed by atoms with van der Waals surface area (Å²) in [6, 6.07) is 3.52. The molecule has 24 heavy (non-hydrogen) atoms. The van der Waals surface area contributed by atoms with Crippen LogP contribution in [0.3, 0.4) is 0 Å². The van der Waals surface area contributed by atoms with Gasteiger partial charge in [-0.1, -0.05) is 13.8 Å². The highest BCUT2D eigenvalue weighted by Gasteiger charge is 2.14. The molecule has 0 aliphatic carbocycles. The molecule has 7 heteroatoms. The van der Waals surface area contributed by atoms with Crippen molar-refractivity contribution in [1.82, 2.24) is 5.32 Å². The summed E-state index contributed by atoms with van der Waals surface area (Å²) in [5.74, 6) is 1.47. The number of hydrogen-bond donors (Lipinski definition) is 3. The number of nitrogens with one attached hydrogen (secondary N) is 3. The molecule has 0 heterocycles. The van der Waals surface area contributed by atoms with Gasteiger partial charge in [0, 0.05) is 25.6 Å². The Hall–Kier alpha value is -2.02. The monoisotopic (exact) mass is 353 g/mol. The smallest absolute Gasteiger partial charge is 0.221 e. The third kappa shape index (κ3) is 6.62. The lowest BCUT2D eigenvalue weighted by atomic mass is 10.2. The van der Waals surface area contributed by atoms with Gasteiger partial charge in [0.15, 0.2) is 5.11 Å². The number of hydrogen-bond acceptors (Lipinski definition) is 4. The standard InChI is InChI=1S/C17H27N3O3S/c1-6-22-15-9-14(20-17(24)18-10-11(3)4)16(23-7-2)8-13(15)19-12(5)21/h8-9,11H,6-7,10H2,1-5H3,(H,19,21)(H2,18,20,24). The fourth-order valence-electron chi connectivity index (χ4n) is 1.96. The summed E-state index contributed by atoms with van der Waals surface area (Å²) in [5, 5.41) is 9.56. The van der Waals surface area contributed by atoms with Crippen LogP contribution in [0.25, 0.3) is 0 Å². The zero-order valence-corrected chi connectivity index (χ0v) is 15.8. The minimum absolute atomic E-state index is 0.173. The van der Waals surface area contributed by atoms with Crippen molar-refractivity contribution in [3.05, 3.63) is 12.1 Å². The number of benzene rings is 1. The third-order valence-corrected chi connectivity index (χ3v) is 3.16. The molecule has 0 fully saturated rings. The van der Waals surface area contributed by atoms with Crippen LogP contribution in [0.5, 0.6) is 11.5 Å². The Kier molecular flexibility index (Phi) is 8.32. The zero-order chi connectivity index (χ0) is 18.1. The summed E-state index contributed by atoms with van der Waals surface area (Å²) in [6.07, 6.45) is 0. The Morgan fingerprint density at radius 2 is 1.58 bits per heavy atom. The van der Waals surface area contributed by atoms with Crippen LogP contribution in [-0.4, -0.2) is 30.8 Å². The van der Waals surface area contributed by atoms with E-state index in [1.54, 1.807) is 12.1 Å². The van der Waals surface area contributed by atoms with Crippen LogP contribution in [0.15, 0.2) is 12.1 Å². The molecule has 134 valence electrons. The van der Waals surface area contributed by atoms with E-state index < -0.39 is 0 Å². The second-order valence-electron chi connectivity index (χ2n) is 5.62. The lowest BCUT2D eigenvalue weighted by molar-refractivity contribution is -0.114. The summed E-state index contributed by atoms with van der Waals surface area (Å²) in [5.41, 5.74) is 1.26. The molecular formula is C17H27N3O3S. The van der Waals surface area contributed by atoms with Gasteiger partial charge in [-0.15, -0.1) is 0 Å². The highest BCUT2D eigenvalue weighted by Crippen LogP contribution is 2.36. The van der Waals surface area contributed by atoms with E-state index in [2.05, 4.69) is 29.8 Å². The fraction of sp³-hybridized carbons (Fsp3) is 0.529. The Balaban J connectivity index is 3.08. The molecular weight excluding hydrogens is 326 g/mol. The van der Waals surface area contributed by atoms with Gasteiger partial charge in [0.05, 0.1) is 24.6 Å². The first-order valence-electron chi connectivity index (χ1n) is 8.13. The summed E-state index contributed by atoms with van der Waals surface area (Å²) < 4.78 is 11.3. The SMILES string of the molecule is CCOc1cc(NC(=S)NCC(C)C)c(OCC)cc1NC(C)=O. The van der Waals surface area contributed by atoms with Gasteiger partial charge < -0.3 is 25.4 Å². The normalized spacial score (nSPS) is 10.2. The van der Waals surface area contributed by atoms with Crippen LogP contribution in [0.1, 0.15) is 34.6 Å². The summed E-state index contributed by atoms with van der Waals surface area (Å²) >= 11 is 5.32. The van der Waals surface area contributed by atoms with Crippen molar-refractivity contribution in [3.8, 4) is 11.5 Å². The average molecular weight is 353 g/mol. The van der Waals surface area contributed by atoms with Gasteiger partial charge in [0.25, 0.3) is 0 Å². The Morgan fingerprint density at radius 1 is 1.08 bits per heavy atom. The van der Waals surface area contributed by atoms with Gasteiger partial charge in [0.1, 0.15) is 11.5 Å². The number of amides is 1. The number of anilines is 2. The third-order valence-electron chi connectivity index (χ3n) is 2.91. The van der Waals surface area contributed by atoms with Crippen molar-refractivity contribution >= 4 is 34.6 Å². The largest absolute Gasteiger partial charge is 0.492 e. The maximum Gasteiger partial charge on any atom is 0.221 e. The number of carbonyl (C=O) groups is 1. The van der Waals surface area contributed by atoms with E-state index >= 15 is 0 Å². The maximum absolute atomic E-state index is 11.4. The molecule has 0 atom stereocenters. The molecule has 0 aromatic heterocycles. The predicted molar refractivity (Wildman–Crippen MR) is 102 cm³/mol. The van der Waals surface area contributed by atoms with Crippen LogP contribution < -0.4 is 25.4 Å². The number of carbonyl (C=O) groups excluding carboxylic acids is 1. The van der Waals surface area contributed by atoms with E-state index in [-0.39, 0.29) is 5.91 Å². The van der Waals surface area contributed by atoms with E-state index in [9.17, 15) is 4.79 Å². The average Bonchev–Trinajstić information content (AvgIpc) is 2.49. The quantitative estimate of drug-likeness (QED) is 0.622. The summed E-state index contributed by atoms with van der Waals surface area (Å²) in [6.45, 7) is 11.2. The number of thiocarbonyl (C=S) groups is 1. The Morgan fingerprint density at radius 3 is 2.00 bits per heavy atom. The van der Waals surface area contributed by atoms with Crippen LogP contribution >= 0.6 is 12.2 Å². The highest BCUT2D eigenvalue weighted by atomic mass is 32.1. The molecule has 0 spiro atoms. The summed E-state index contributed by atoms with van der Waals surface area (Å²) in [4.78, 5) is 11.4. The molecule has 0 radical (unpaired) electrons. The van der Waals surface area contributed by atoms with Crippen molar-refractivity contribution in [2.24, 2.45) is 5.92 Å². The van der Waals surface area contributed by atoms with Gasteiger partial charge in [0.2, 0.25) is 5.91 Å². The number of rotatable bonds is 8. The lowest BCUT2D eigenvalue weighted by Gasteiger charge is -2.19. The molecule has 0 unspecified atom stereocenters. The zero-order valence-electron chi connectivity index (χ0n) is 15.0. The van der Waals surface area contributed by atoms with Crippen LogP contribution in [0.2, 0.25) is 0 Å². The molecule has 1 amide bonds. The van der Waals surface area contributed by atoms with Crippen molar-refractivity contribution < 1.29 is 14.3 Å². The molecule has 0 aliphatic rings. The molecule has 1 aromatic rings. The molecule has 6 nitrogen and oxygen atoms in total. The highest BCUT2D eigenvalue weighted by molar-refractivity contribution is 7.80. The fourth-order valence-corrected chi connectivity index (χ4v) is 2.15. The first-order chi connectivity index (χ1) is 11.4. The molecule has 1 aromatic carbocycles. The van der Waals surface area contributed by atoms with E-state index in [1.165, 1.54) is 6.92 Å². The topological polar surface area (TPSA) is 71.6 Å². The molecule has 3 N–H and O–H groups in total. The van der Waals surface area contributed by atoms with Gasteiger partial charge in [-0.2, -0.15) is 0 Å². The molecule has 0 saturated heterocycles. The first kappa shape index (κ1) is 20.0. The van der Waals surface area contributed by atoms with Crippen molar-refractivity contribution in [2.75, 3.05) is 30.4 Å². The van der Waals surface area contributed by atoms with Crippen molar-refractivity contribution in [1.29, 1.82) is 0 Å². The van der Waals surface area contributed by atoms with E-state index in [0.29, 0.717) is 47.1 Å². The molecule has 1 rings (SSSR count). The van der Waals surface area contributed by atoms with E-state index in [1.807, 2.05) is 13.8 Å². The maximum atomic E-state index is 11.4. The minimum atomic E-state index is -0.173. The van der Waals surface area contributed by atoms with Crippen LogP contribution in [-0.2, 0) is 4.79 Å². The van der Waals surface area contributed by atoms with Gasteiger partial charge in [-0.25, -0.2) is 0 Å². The Bertz CT molecular complexity index is 576. The van der Waals surface area contributed by atoms with Gasteiger partial charge >= 0.3 is 0 Å². The molecule has 0 bridgehead atoms. The Labute approximate surface area is 149 Å². The predicted octanol–water partition coefficient (Wildman–Crippen LogP) is 3.38. The van der Waals surface area contributed by atoms with Crippen LogP contribution in [0, 0.1) is 5.92 Å².